The predicted octanol–water partition coefficient (Wildman–Crippen LogP) is 2.34. The fourth-order valence-corrected chi connectivity index (χ4v) is 3.24. The summed E-state index contributed by atoms with van der Waals surface area (Å²) in [5.74, 6) is 0.777. The van der Waals surface area contributed by atoms with Crippen LogP contribution in [0.2, 0.25) is 5.02 Å². The van der Waals surface area contributed by atoms with Gasteiger partial charge >= 0.3 is 0 Å². The van der Waals surface area contributed by atoms with Crippen molar-refractivity contribution in [3.8, 4) is 0 Å². The Kier molecular flexibility index (Phi) is 3.31. The highest BCUT2D eigenvalue weighted by atomic mass is 35.5. The van der Waals surface area contributed by atoms with Crippen LogP contribution >= 0.6 is 11.6 Å². The second-order valence-corrected chi connectivity index (χ2v) is 6.01. The minimum atomic E-state index is -0.590. The van der Waals surface area contributed by atoms with Gasteiger partial charge in [-0.1, -0.05) is 11.6 Å². The molecule has 0 bridgehead atoms. The smallest absolute Gasteiger partial charge is 0.0757 e. The van der Waals surface area contributed by atoms with Crippen molar-refractivity contribution in [3.63, 3.8) is 0 Å². The fourth-order valence-electron chi connectivity index (χ4n) is 3.13. The molecule has 0 radical (unpaired) electrons. The number of aromatic nitrogens is 1. The molecule has 2 N–H and O–H groups in total. The Morgan fingerprint density at radius 3 is 2.61 bits per heavy atom. The van der Waals surface area contributed by atoms with Crippen molar-refractivity contribution < 1.29 is 5.11 Å². The van der Waals surface area contributed by atoms with Gasteiger partial charge in [-0.15, -0.1) is 0 Å². The lowest BCUT2D eigenvalue weighted by Gasteiger charge is -2.39. The Bertz CT molecular complexity index is 410. The molecule has 2 aliphatic rings. The molecule has 1 aromatic heterocycles. The number of hydrogen-bond acceptors (Lipinski definition) is 3. The van der Waals surface area contributed by atoms with Crippen molar-refractivity contribution in [1.29, 1.82) is 0 Å². The van der Waals surface area contributed by atoms with Crippen LogP contribution in [-0.2, 0) is 0 Å². The quantitative estimate of drug-likeness (QED) is 0.883. The minimum Gasteiger partial charge on any atom is -0.389 e. The van der Waals surface area contributed by atoms with Crippen LogP contribution < -0.4 is 5.32 Å². The summed E-state index contributed by atoms with van der Waals surface area (Å²) in [4.78, 5) is 4.45. The normalized spacial score (nSPS) is 24.8. The maximum absolute atomic E-state index is 11.0. The summed E-state index contributed by atoms with van der Waals surface area (Å²) < 4.78 is 0. The van der Waals surface area contributed by atoms with Crippen LogP contribution in [0.1, 0.15) is 37.3 Å². The van der Waals surface area contributed by atoms with E-state index in [4.69, 9.17) is 11.6 Å². The van der Waals surface area contributed by atoms with Gasteiger partial charge in [-0.2, -0.15) is 0 Å². The van der Waals surface area contributed by atoms with E-state index in [1.54, 1.807) is 6.20 Å². The molecule has 0 spiro atoms. The highest BCUT2D eigenvalue weighted by Gasteiger charge is 2.47. The van der Waals surface area contributed by atoms with E-state index in [1.165, 1.54) is 12.8 Å². The summed E-state index contributed by atoms with van der Waals surface area (Å²) in [7, 11) is 0. The van der Waals surface area contributed by atoms with E-state index in [9.17, 15) is 5.11 Å². The summed E-state index contributed by atoms with van der Waals surface area (Å²) in [6.07, 6.45) is 5.75. The second kappa shape index (κ2) is 4.80. The van der Waals surface area contributed by atoms with Crippen LogP contribution in [0.4, 0.5) is 0 Å². The highest BCUT2D eigenvalue weighted by Crippen LogP contribution is 2.50. The van der Waals surface area contributed by atoms with Gasteiger partial charge in [0, 0.05) is 17.8 Å². The van der Waals surface area contributed by atoms with E-state index < -0.39 is 5.60 Å². The van der Waals surface area contributed by atoms with Crippen molar-refractivity contribution in [2.45, 2.75) is 37.2 Å². The van der Waals surface area contributed by atoms with Gasteiger partial charge in [-0.3, -0.25) is 4.98 Å². The zero-order chi connectivity index (χ0) is 12.6. The molecule has 98 valence electrons. The van der Waals surface area contributed by atoms with Gasteiger partial charge in [-0.05, 0) is 56.8 Å². The zero-order valence-corrected chi connectivity index (χ0v) is 11.2. The molecule has 1 aliphatic carbocycles. The molecule has 1 aromatic rings. The Morgan fingerprint density at radius 1 is 1.33 bits per heavy atom. The summed E-state index contributed by atoms with van der Waals surface area (Å²) in [5, 5.41) is 14.9. The van der Waals surface area contributed by atoms with E-state index in [0.717, 1.165) is 31.6 Å². The number of nitrogens with one attached hydrogen (secondary N) is 1. The predicted molar refractivity (Wildman–Crippen MR) is 71.8 cm³/mol. The lowest BCUT2D eigenvalue weighted by Crippen LogP contribution is -2.47. The number of pyridine rings is 1. The van der Waals surface area contributed by atoms with Crippen LogP contribution in [0, 0.1) is 5.92 Å². The summed E-state index contributed by atoms with van der Waals surface area (Å²) in [6.45, 7) is 1.79. The first kappa shape index (κ1) is 12.4. The van der Waals surface area contributed by atoms with E-state index >= 15 is 0 Å². The van der Waals surface area contributed by atoms with Crippen LogP contribution in [0.15, 0.2) is 18.3 Å². The molecule has 1 unspecified atom stereocenters. The first-order chi connectivity index (χ1) is 8.69. The zero-order valence-electron chi connectivity index (χ0n) is 10.4. The Hall–Kier alpha value is -0.640. The third kappa shape index (κ3) is 2.40. The summed E-state index contributed by atoms with van der Waals surface area (Å²) in [5.41, 5.74) is 0.416. The maximum atomic E-state index is 11.0. The lowest BCUT2D eigenvalue weighted by atomic mass is 9.75. The molecule has 1 atom stereocenters. The molecule has 0 amide bonds. The molecule has 2 fully saturated rings. The van der Waals surface area contributed by atoms with Crippen LogP contribution in [0.5, 0.6) is 0 Å². The van der Waals surface area contributed by atoms with Crippen molar-refractivity contribution in [1.82, 2.24) is 10.3 Å². The van der Waals surface area contributed by atoms with Gasteiger partial charge in [0.2, 0.25) is 0 Å². The van der Waals surface area contributed by atoms with Gasteiger partial charge in [0.05, 0.1) is 10.6 Å². The van der Waals surface area contributed by atoms with E-state index in [2.05, 4.69) is 10.3 Å². The van der Waals surface area contributed by atoms with Gasteiger partial charge in [-0.25, -0.2) is 0 Å². The fraction of sp³-hybridized carbons (Fsp3) is 0.643. The molecule has 3 nitrogen and oxygen atoms in total. The monoisotopic (exact) mass is 266 g/mol. The summed E-state index contributed by atoms with van der Waals surface area (Å²) >= 11 is 5.90. The average Bonchev–Trinajstić information content (AvgIpc) is 3.17. The van der Waals surface area contributed by atoms with E-state index in [0.29, 0.717) is 10.9 Å². The number of halogens is 1. The average molecular weight is 267 g/mol. The first-order valence-electron chi connectivity index (χ1n) is 6.74. The second-order valence-electron chi connectivity index (χ2n) is 5.57. The highest BCUT2D eigenvalue weighted by molar-refractivity contribution is 6.30. The standard InChI is InChI=1S/C14H19ClN2O/c15-11-3-4-12(17-9-11)13(10-1-2-10)14(18)5-7-16-8-6-14/h3-4,9-10,13,16,18H,1-2,5-8H2. The van der Waals surface area contributed by atoms with Gasteiger partial charge < -0.3 is 10.4 Å². The maximum Gasteiger partial charge on any atom is 0.0757 e. The Balaban J connectivity index is 1.89. The van der Waals surface area contributed by atoms with Crippen molar-refractivity contribution in [2.24, 2.45) is 5.92 Å². The lowest BCUT2D eigenvalue weighted by molar-refractivity contribution is -0.0234. The number of piperidine rings is 1. The van der Waals surface area contributed by atoms with Crippen LogP contribution in [0.25, 0.3) is 0 Å². The SMILES string of the molecule is OC1(C(c2ccc(Cl)cn2)C2CC2)CCNCC1. The third-order valence-electron chi connectivity index (χ3n) is 4.21. The van der Waals surface area contributed by atoms with Crippen molar-refractivity contribution in [3.05, 3.63) is 29.0 Å². The van der Waals surface area contributed by atoms with E-state index in [1.807, 2.05) is 12.1 Å². The topological polar surface area (TPSA) is 45.2 Å². The molecule has 0 aromatic carbocycles. The number of rotatable bonds is 3. The van der Waals surface area contributed by atoms with E-state index in [-0.39, 0.29) is 5.92 Å². The number of aliphatic hydroxyl groups is 1. The number of hydrogen-bond donors (Lipinski definition) is 2. The summed E-state index contributed by atoms with van der Waals surface area (Å²) in [6, 6.07) is 3.86. The Morgan fingerprint density at radius 2 is 2.06 bits per heavy atom. The van der Waals surface area contributed by atoms with Crippen molar-refractivity contribution in [2.75, 3.05) is 13.1 Å². The third-order valence-corrected chi connectivity index (χ3v) is 4.43. The first-order valence-corrected chi connectivity index (χ1v) is 7.11. The number of nitrogens with zero attached hydrogens (tertiary/aromatic N) is 1. The van der Waals surface area contributed by atoms with Crippen LogP contribution in [0.3, 0.4) is 0 Å². The molecule has 4 heteroatoms. The van der Waals surface area contributed by atoms with Gasteiger partial charge in [0.1, 0.15) is 0 Å². The molecule has 2 heterocycles. The Labute approximate surface area is 113 Å². The molecule has 1 aliphatic heterocycles. The van der Waals surface area contributed by atoms with Gasteiger partial charge in [0.15, 0.2) is 0 Å². The van der Waals surface area contributed by atoms with Crippen molar-refractivity contribution >= 4 is 11.6 Å². The molecular formula is C14H19ClN2O. The van der Waals surface area contributed by atoms with Crippen LogP contribution in [-0.4, -0.2) is 28.8 Å². The molecule has 1 saturated heterocycles. The largest absolute Gasteiger partial charge is 0.389 e. The van der Waals surface area contributed by atoms with Gasteiger partial charge in [0.25, 0.3) is 0 Å². The minimum absolute atomic E-state index is 0.178. The molecule has 1 saturated carbocycles. The molecule has 18 heavy (non-hydrogen) atoms. The molecule has 3 rings (SSSR count). The molecular weight excluding hydrogens is 248 g/mol.